The topological polar surface area (TPSA) is 68.5 Å². The summed E-state index contributed by atoms with van der Waals surface area (Å²) in [6, 6.07) is 1.94. The number of aromatic nitrogens is 5. The van der Waals surface area contributed by atoms with Crippen LogP contribution in [0.3, 0.4) is 0 Å². The van der Waals surface area contributed by atoms with Crippen molar-refractivity contribution in [3.8, 4) is 0 Å². The molecule has 0 aromatic carbocycles. The summed E-state index contributed by atoms with van der Waals surface area (Å²) in [5, 5.41) is 11.6. The Hall–Kier alpha value is -1.82. The molecule has 0 saturated heterocycles. The van der Waals surface area contributed by atoms with E-state index in [1.165, 1.54) is 0 Å². The third-order valence-electron chi connectivity index (χ3n) is 2.88. The fourth-order valence-electron chi connectivity index (χ4n) is 2.07. The van der Waals surface area contributed by atoms with E-state index >= 15 is 0 Å². The van der Waals surface area contributed by atoms with Crippen molar-refractivity contribution < 1.29 is 0 Å². The zero-order valence-electron chi connectivity index (χ0n) is 11.7. The summed E-state index contributed by atoms with van der Waals surface area (Å²) in [7, 11) is 0. The van der Waals surface area contributed by atoms with Crippen LogP contribution in [-0.4, -0.2) is 31.5 Å². The standard InChI is InChI=1S/C13H20N6/c1-4-8-19-12(9-16-18-19)13(14-5-2)11-6-7-15-10(3)17-11/h6-7,9,13-14H,4-5,8H2,1-3H3. The highest BCUT2D eigenvalue weighted by molar-refractivity contribution is 5.19. The molecular weight excluding hydrogens is 240 g/mol. The van der Waals surface area contributed by atoms with Gasteiger partial charge in [0.05, 0.1) is 23.6 Å². The van der Waals surface area contributed by atoms with Crippen LogP contribution in [0.5, 0.6) is 0 Å². The Bertz CT molecular complexity index is 521. The van der Waals surface area contributed by atoms with Crippen molar-refractivity contribution in [2.75, 3.05) is 6.54 Å². The van der Waals surface area contributed by atoms with Crippen molar-refractivity contribution in [1.29, 1.82) is 0 Å². The van der Waals surface area contributed by atoms with E-state index in [1.54, 1.807) is 12.4 Å². The molecule has 0 spiro atoms. The van der Waals surface area contributed by atoms with E-state index in [4.69, 9.17) is 0 Å². The van der Waals surface area contributed by atoms with Gasteiger partial charge in [0.1, 0.15) is 5.82 Å². The number of nitrogens with one attached hydrogen (secondary N) is 1. The zero-order valence-corrected chi connectivity index (χ0v) is 11.7. The Morgan fingerprint density at radius 3 is 2.89 bits per heavy atom. The van der Waals surface area contributed by atoms with Crippen molar-refractivity contribution in [3.05, 3.63) is 35.7 Å². The molecule has 102 valence electrons. The molecule has 1 unspecified atom stereocenters. The third kappa shape index (κ3) is 3.14. The van der Waals surface area contributed by atoms with Crippen LogP contribution in [0.25, 0.3) is 0 Å². The van der Waals surface area contributed by atoms with E-state index in [-0.39, 0.29) is 6.04 Å². The molecule has 6 heteroatoms. The van der Waals surface area contributed by atoms with Gasteiger partial charge in [-0.25, -0.2) is 14.6 Å². The first-order valence-corrected chi connectivity index (χ1v) is 6.67. The Kier molecular flexibility index (Phi) is 4.57. The average molecular weight is 260 g/mol. The molecule has 2 aromatic rings. The number of rotatable bonds is 6. The van der Waals surface area contributed by atoms with Crippen LogP contribution >= 0.6 is 0 Å². The molecule has 0 aliphatic heterocycles. The van der Waals surface area contributed by atoms with Crippen molar-refractivity contribution in [1.82, 2.24) is 30.3 Å². The van der Waals surface area contributed by atoms with E-state index in [0.29, 0.717) is 0 Å². The third-order valence-corrected chi connectivity index (χ3v) is 2.88. The molecule has 0 radical (unpaired) electrons. The smallest absolute Gasteiger partial charge is 0.125 e. The quantitative estimate of drug-likeness (QED) is 0.852. The second kappa shape index (κ2) is 6.38. The first kappa shape index (κ1) is 13.6. The van der Waals surface area contributed by atoms with E-state index < -0.39 is 0 Å². The molecule has 2 rings (SSSR count). The number of hydrogen-bond acceptors (Lipinski definition) is 5. The van der Waals surface area contributed by atoms with Crippen LogP contribution in [0, 0.1) is 6.92 Å². The van der Waals surface area contributed by atoms with Gasteiger partial charge in [-0.05, 0) is 26.0 Å². The molecular formula is C13H20N6. The van der Waals surface area contributed by atoms with Gasteiger partial charge in [-0.3, -0.25) is 0 Å². The molecule has 19 heavy (non-hydrogen) atoms. The van der Waals surface area contributed by atoms with Crippen molar-refractivity contribution in [2.45, 2.75) is 39.8 Å². The first-order chi connectivity index (χ1) is 9.26. The maximum atomic E-state index is 4.51. The highest BCUT2D eigenvalue weighted by Gasteiger charge is 2.19. The molecule has 1 atom stereocenters. The number of nitrogens with zero attached hydrogens (tertiary/aromatic N) is 5. The molecule has 0 bridgehead atoms. The second-order valence-electron chi connectivity index (χ2n) is 4.40. The van der Waals surface area contributed by atoms with Crippen LogP contribution in [0.1, 0.15) is 43.5 Å². The average Bonchev–Trinajstić information content (AvgIpc) is 2.84. The van der Waals surface area contributed by atoms with Gasteiger partial charge in [-0.2, -0.15) is 0 Å². The lowest BCUT2D eigenvalue weighted by Gasteiger charge is -2.18. The maximum Gasteiger partial charge on any atom is 0.125 e. The Morgan fingerprint density at radius 2 is 2.21 bits per heavy atom. The predicted molar refractivity (Wildman–Crippen MR) is 72.6 cm³/mol. The van der Waals surface area contributed by atoms with Crippen molar-refractivity contribution >= 4 is 0 Å². The minimum atomic E-state index is 0.00764. The Labute approximate surface area is 113 Å². The van der Waals surface area contributed by atoms with E-state index in [1.807, 2.05) is 17.7 Å². The molecule has 6 nitrogen and oxygen atoms in total. The highest BCUT2D eigenvalue weighted by atomic mass is 15.4. The highest BCUT2D eigenvalue weighted by Crippen LogP contribution is 2.19. The van der Waals surface area contributed by atoms with Gasteiger partial charge in [-0.15, -0.1) is 5.10 Å². The molecule has 0 amide bonds. The lowest BCUT2D eigenvalue weighted by atomic mass is 10.1. The molecule has 0 aliphatic rings. The molecule has 0 aliphatic carbocycles. The fourth-order valence-corrected chi connectivity index (χ4v) is 2.07. The zero-order chi connectivity index (χ0) is 13.7. The molecule has 2 heterocycles. The summed E-state index contributed by atoms with van der Waals surface area (Å²) in [6.07, 6.45) is 4.62. The Balaban J connectivity index is 2.36. The summed E-state index contributed by atoms with van der Waals surface area (Å²) in [4.78, 5) is 8.65. The van der Waals surface area contributed by atoms with Crippen LogP contribution < -0.4 is 5.32 Å². The molecule has 0 fully saturated rings. The maximum absolute atomic E-state index is 4.51. The van der Waals surface area contributed by atoms with Gasteiger partial charge in [0, 0.05) is 12.7 Å². The van der Waals surface area contributed by atoms with Crippen molar-refractivity contribution in [3.63, 3.8) is 0 Å². The summed E-state index contributed by atoms with van der Waals surface area (Å²) < 4.78 is 1.94. The van der Waals surface area contributed by atoms with Crippen LogP contribution in [0.15, 0.2) is 18.5 Å². The minimum Gasteiger partial charge on any atom is -0.304 e. The number of hydrogen-bond donors (Lipinski definition) is 1. The van der Waals surface area contributed by atoms with Gasteiger partial charge in [0.25, 0.3) is 0 Å². The summed E-state index contributed by atoms with van der Waals surface area (Å²) >= 11 is 0. The van der Waals surface area contributed by atoms with Crippen LogP contribution in [0.4, 0.5) is 0 Å². The van der Waals surface area contributed by atoms with E-state index in [9.17, 15) is 0 Å². The molecule has 1 N–H and O–H groups in total. The number of aryl methyl sites for hydroxylation is 2. The normalized spacial score (nSPS) is 12.6. The largest absolute Gasteiger partial charge is 0.304 e. The van der Waals surface area contributed by atoms with Gasteiger partial charge in [0.2, 0.25) is 0 Å². The summed E-state index contributed by atoms with van der Waals surface area (Å²) in [6.45, 7) is 7.82. The lowest BCUT2D eigenvalue weighted by Crippen LogP contribution is -2.26. The van der Waals surface area contributed by atoms with Gasteiger partial charge in [0.15, 0.2) is 0 Å². The van der Waals surface area contributed by atoms with Crippen molar-refractivity contribution in [2.24, 2.45) is 0 Å². The van der Waals surface area contributed by atoms with E-state index in [2.05, 4.69) is 39.4 Å². The monoisotopic (exact) mass is 260 g/mol. The molecule has 0 saturated carbocycles. The second-order valence-corrected chi connectivity index (χ2v) is 4.40. The Morgan fingerprint density at radius 1 is 1.37 bits per heavy atom. The van der Waals surface area contributed by atoms with E-state index in [0.717, 1.165) is 36.7 Å². The lowest BCUT2D eigenvalue weighted by molar-refractivity contribution is 0.505. The first-order valence-electron chi connectivity index (χ1n) is 6.67. The fraction of sp³-hybridized carbons (Fsp3) is 0.538. The molecule has 2 aromatic heterocycles. The van der Waals surface area contributed by atoms with Crippen LogP contribution in [0.2, 0.25) is 0 Å². The summed E-state index contributed by atoms with van der Waals surface area (Å²) in [5.74, 6) is 0.773. The minimum absolute atomic E-state index is 0.00764. The van der Waals surface area contributed by atoms with Crippen LogP contribution in [-0.2, 0) is 6.54 Å². The SMILES string of the molecule is CCCn1nncc1C(NCC)c1ccnc(C)n1. The van der Waals surface area contributed by atoms with Gasteiger partial charge >= 0.3 is 0 Å². The van der Waals surface area contributed by atoms with Gasteiger partial charge < -0.3 is 5.32 Å². The summed E-state index contributed by atoms with van der Waals surface area (Å²) in [5.41, 5.74) is 2.00. The predicted octanol–water partition coefficient (Wildman–Crippen LogP) is 1.49. The van der Waals surface area contributed by atoms with Gasteiger partial charge in [-0.1, -0.05) is 19.1 Å².